The van der Waals surface area contributed by atoms with Gasteiger partial charge in [-0.25, -0.2) is 0 Å². The number of aliphatic hydroxyl groups excluding tert-OH is 2. The van der Waals surface area contributed by atoms with Gasteiger partial charge in [0.15, 0.2) is 11.6 Å². The van der Waals surface area contributed by atoms with Crippen molar-refractivity contribution in [3.05, 3.63) is 11.6 Å². The number of hydrogen-bond donors (Lipinski definition) is 3. The van der Waals surface area contributed by atoms with Crippen LogP contribution in [0, 0.1) is 28.6 Å². The van der Waals surface area contributed by atoms with Gasteiger partial charge in [-0.05, 0) is 67.8 Å². The van der Waals surface area contributed by atoms with Gasteiger partial charge in [-0.1, -0.05) is 19.4 Å². The average Bonchev–Trinajstić information content (AvgIpc) is 2.86. The Kier molecular flexibility index (Phi) is 4.04. The molecule has 0 unspecified atom stereocenters. The highest BCUT2D eigenvalue weighted by atomic mass is 16.3. The molecule has 0 aromatic carbocycles. The van der Waals surface area contributed by atoms with E-state index < -0.39 is 29.5 Å². The van der Waals surface area contributed by atoms with Crippen LogP contribution < -0.4 is 0 Å². The quantitative estimate of drug-likeness (QED) is 0.696. The maximum absolute atomic E-state index is 12.4. The topological polar surface area (TPSA) is 94.8 Å². The molecule has 26 heavy (non-hydrogen) atoms. The van der Waals surface area contributed by atoms with Crippen LogP contribution >= 0.6 is 0 Å². The summed E-state index contributed by atoms with van der Waals surface area (Å²) in [6.07, 6.45) is 5.74. The first kappa shape index (κ1) is 18.3. The molecule has 0 heterocycles. The molecule has 0 amide bonds. The fourth-order valence-electron chi connectivity index (χ4n) is 7.28. The van der Waals surface area contributed by atoms with Crippen LogP contribution in [0.4, 0.5) is 0 Å². The number of carbonyl (C=O) groups is 2. The van der Waals surface area contributed by atoms with E-state index in [-0.39, 0.29) is 29.0 Å². The van der Waals surface area contributed by atoms with E-state index in [1.807, 2.05) is 6.92 Å². The summed E-state index contributed by atoms with van der Waals surface area (Å²) >= 11 is 0. The van der Waals surface area contributed by atoms with E-state index in [1.54, 1.807) is 6.08 Å². The van der Waals surface area contributed by atoms with Crippen LogP contribution in [0.1, 0.15) is 58.8 Å². The Morgan fingerprint density at radius 3 is 2.65 bits per heavy atom. The Labute approximate surface area is 154 Å². The predicted molar refractivity (Wildman–Crippen MR) is 95.1 cm³/mol. The zero-order chi connectivity index (χ0) is 18.9. The molecule has 0 aromatic heterocycles. The summed E-state index contributed by atoms with van der Waals surface area (Å²) < 4.78 is 0. The van der Waals surface area contributed by atoms with Crippen molar-refractivity contribution in [1.82, 2.24) is 0 Å². The molecular weight excluding hydrogens is 332 g/mol. The largest absolute Gasteiger partial charge is 0.393 e. The monoisotopic (exact) mass is 362 g/mol. The van der Waals surface area contributed by atoms with Crippen LogP contribution in [-0.4, -0.2) is 45.2 Å². The summed E-state index contributed by atoms with van der Waals surface area (Å²) in [5.41, 5.74) is -1.23. The molecule has 5 nitrogen and oxygen atoms in total. The van der Waals surface area contributed by atoms with Gasteiger partial charge in [0.1, 0.15) is 12.2 Å². The lowest BCUT2D eigenvalue weighted by Crippen LogP contribution is -2.62. The maximum Gasteiger partial charge on any atom is 0.190 e. The van der Waals surface area contributed by atoms with Crippen LogP contribution in [-0.2, 0) is 9.59 Å². The first-order valence-electron chi connectivity index (χ1n) is 9.96. The number of rotatable bonds is 2. The summed E-state index contributed by atoms with van der Waals surface area (Å²) in [5.74, 6) is 0.140. The highest BCUT2D eigenvalue weighted by molar-refractivity contribution is 5.91. The molecule has 4 aliphatic rings. The first-order chi connectivity index (χ1) is 12.2. The van der Waals surface area contributed by atoms with Crippen molar-refractivity contribution in [3.8, 4) is 0 Å². The van der Waals surface area contributed by atoms with Gasteiger partial charge in [-0.2, -0.15) is 0 Å². The van der Waals surface area contributed by atoms with Crippen LogP contribution in [0.25, 0.3) is 0 Å². The Morgan fingerprint density at radius 1 is 1.23 bits per heavy atom. The third kappa shape index (κ3) is 2.14. The van der Waals surface area contributed by atoms with Gasteiger partial charge in [-0.15, -0.1) is 0 Å². The summed E-state index contributed by atoms with van der Waals surface area (Å²) in [5, 5.41) is 31.7. The fraction of sp³-hybridized carbons (Fsp3) is 0.810. The average molecular weight is 362 g/mol. The van der Waals surface area contributed by atoms with Crippen molar-refractivity contribution in [2.75, 3.05) is 6.61 Å². The molecule has 0 radical (unpaired) electrons. The van der Waals surface area contributed by atoms with Crippen LogP contribution in [0.5, 0.6) is 0 Å². The van der Waals surface area contributed by atoms with Crippen molar-refractivity contribution < 1.29 is 24.9 Å². The Hall–Kier alpha value is -1.04. The Balaban J connectivity index is 1.74. The standard InChI is InChI=1S/C21H30O5/c1-19-7-5-13(23)9-12(19)3-4-14-15-6-8-21(26,17(25)11-22)20(15,2)10-16(24)18(14)19/h9,14-16,18,22,24,26H,3-8,10-11H2,1-2H3/t14-,15-,16+,18-,19+,20-,21-/m1/s1. The second-order valence-electron chi connectivity index (χ2n) is 9.56. The molecule has 7 atom stereocenters. The van der Waals surface area contributed by atoms with Gasteiger partial charge >= 0.3 is 0 Å². The van der Waals surface area contributed by atoms with Crippen molar-refractivity contribution in [2.45, 2.75) is 70.5 Å². The molecule has 0 spiro atoms. The second kappa shape index (κ2) is 5.73. The van der Waals surface area contributed by atoms with Gasteiger partial charge < -0.3 is 15.3 Å². The minimum absolute atomic E-state index is 0.0697. The van der Waals surface area contributed by atoms with Crippen molar-refractivity contribution in [1.29, 1.82) is 0 Å². The van der Waals surface area contributed by atoms with E-state index in [2.05, 4.69) is 6.92 Å². The molecule has 144 valence electrons. The van der Waals surface area contributed by atoms with Crippen LogP contribution in [0.2, 0.25) is 0 Å². The minimum Gasteiger partial charge on any atom is -0.393 e. The molecule has 3 fully saturated rings. The summed E-state index contributed by atoms with van der Waals surface area (Å²) in [6, 6.07) is 0. The predicted octanol–water partition coefficient (Wildman–Crippen LogP) is 1.78. The molecule has 5 heteroatoms. The number of ketones is 2. The van der Waals surface area contributed by atoms with E-state index in [4.69, 9.17) is 0 Å². The molecule has 0 saturated heterocycles. The molecule has 3 N–H and O–H groups in total. The lowest BCUT2D eigenvalue weighted by Gasteiger charge is -2.60. The normalized spacial score (nSPS) is 50.5. The molecule has 4 aliphatic carbocycles. The van der Waals surface area contributed by atoms with E-state index in [0.29, 0.717) is 19.3 Å². The van der Waals surface area contributed by atoms with Gasteiger partial charge in [0.2, 0.25) is 0 Å². The number of allylic oxidation sites excluding steroid dienone is 1. The molecule has 0 aliphatic heterocycles. The lowest BCUT2D eigenvalue weighted by atomic mass is 9.45. The SMILES string of the molecule is C[C@]12CCC(=O)C=C1CC[C@H]1[C@@H]2[C@@H](O)C[C@]2(C)[C@@H]1CC[C@@]2(O)C(=O)CO. The van der Waals surface area contributed by atoms with E-state index >= 15 is 0 Å². The third-order valence-electron chi connectivity index (χ3n) is 8.65. The van der Waals surface area contributed by atoms with Crippen molar-refractivity contribution in [2.24, 2.45) is 28.6 Å². The smallest absolute Gasteiger partial charge is 0.190 e. The number of hydrogen-bond acceptors (Lipinski definition) is 5. The number of Topliss-reactive ketones (excluding diaryl/α,β-unsaturated/α-hetero) is 1. The fourth-order valence-corrected chi connectivity index (χ4v) is 7.28. The minimum atomic E-state index is -1.54. The number of aliphatic hydroxyl groups is 3. The second-order valence-corrected chi connectivity index (χ2v) is 9.56. The van der Waals surface area contributed by atoms with E-state index in [9.17, 15) is 24.9 Å². The van der Waals surface area contributed by atoms with Gasteiger partial charge in [0, 0.05) is 11.8 Å². The number of carbonyl (C=O) groups excluding carboxylic acids is 2. The molecule has 0 bridgehead atoms. The van der Waals surface area contributed by atoms with E-state index in [0.717, 1.165) is 25.7 Å². The van der Waals surface area contributed by atoms with Gasteiger partial charge in [-0.3, -0.25) is 9.59 Å². The van der Waals surface area contributed by atoms with Crippen molar-refractivity contribution >= 4 is 11.6 Å². The lowest BCUT2D eigenvalue weighted by molar-refractivity contribution is -0.182. The van der Waals surface area contributed by atoms with Crippen molar-refractivity contribution in [3.63, 3.8) is 0 Å². The summed E-state index contributed by atoms with van der Waals surface area (Å²) in [4.78, 5) is 24.3. The Bertz CT molecular complexity index is 684. The van der Waals surface area contributed by atoms with Gasteiger partial charge in [0.25, 0.3) is 0 Å². The van der Waals surface area contributed by atoms with Crippen LogP contribution in [0.3, 0.4) is 0 Å². The highest BCUT2D eigenvalue weighted by Gasteiger charge is 2.68. The molecule has 3 saturated carbocycles. The van der Waals surface area contributed by atoms with Crippen LogP contribution in [0.15, 0.2) is 11.6 Å². The first-order valence-corrected chi connectivity index (χ1v) is 9.96. The summed E-state index contributed by atoms with van der Waals surface area (Å²) in [6.45, 7) is 3.46. The number of fused-ring (bicyclic) bond motifs is 5. The third-order valence-corrected chi connectivity index (χ3v) is 8.65. The molecule has 0 aromatic rings. The zero-order valence-corrected chi connectivity index (χ0v) is 15.7. The maximum atomic E-state index is 12.4. The van der Waals surface area contributed by atoms with E-state index in [1.165, 1.54) is 5.57 Å². The Morgan fingerprint density at radius 2 is 1.96 bits per heavy atom. The molecule has 4 rings (SSSR count). The molecular formula is C21H30O5. The zero-order valence-electron chi connectivity index (χ0n) is 15.7. The highest BCUT2D eigenvalue weighted by Crippen LogP contribution is 2.67. The van der Waals surface area contributed by atoms with Gasteiger partial charge in [0.05, 0.1) is 6.10 Å². The summed E-state index contributed by atoms with van der Waals surface area (Å²) in [7, 11) is 0.